The van der Waals surface area contributed by atoms with Crippen molar-refractivity contribution in [2.45, 2.75) is 38.3 Å². The number of piperidine rings is 1. The molecule has 0 spiro atoms. The van der Waals surface area contributed by atoms with Gasteiger partial charge in [-0.05, 0) is 25.7 Å². The summed E-state index contributed by atoms with van der Waals surface area (Å²) in [7, 11) is 0. The Kier molecular flexibility index (Phi) is 5.71. The van der Waals surface area contributed by atoms with Crippen LogP contribution in [0.2, 0.25) is 0 Å². The number of urea groups is 1. The first-order valence-electron chi connectivity index (χ1n) is 7.51. The SMILES string of the molecule is O=C(NCc1ccccc1[N+](=O)[O-])N1CCCCC1CCO. The molecular formula is C15H21N3O4. The number of nitro groups is 1. The number of nitrogens with one attached hydrogen (secondary N) is 1. The van der Waals surface area contributed by atoms with E-state index in [9.17, 15) is 14.9 Å². The van der Waals surface area contributed by atoms with Crippen molar-refractivity contribution in [1.29, 1.82) is 0 Å². The lowest BCUT2D eigenvalue weighted by atomic mass is 10.0. The highest BCUT2D eigenvalue weighted by Crippen LogP contribution is 2.20. The molecule has 2 rings (SSSR count). The smallest absolute Gasteiger partial charge is 0.317 e. The van der Waals surface area contributed by atoms with Gasteiger partial charge in [0, 0.05) is 30.8 Å². The third kappa shape index (κ3) is 3.94. The van der Waals surface area contributed by atoms with E-state index in [0.717, 1.165) is 19.3 Å². The molecule has 1 aromatic rings. The van der Waals surface area contributed by atoms with Crippen LogP contribution in [0.4, 0.5) is 10.5 Å². The Balaban J connectivity index is 1.98. The van der Waals surface area contributed by atoms with Gasteiger partial charge >= 0.3 is 6.03 Å². The number of carbonyl (C=O) groups excluding carboxylic acids is 1. The average Bonchev–Trinajstić information content (AvgIpc) is 2.53. The summed E-state index contributed by atoms with van der Waals surface area (Å²) < 4.78 is 0. The second-order valence-corrected chi connectivity index (χ2v) is 5.40. The van der Waals surface area contributed by atoms with E-state index in [1.165, 1.54) is 6.07 Å². The average molecular weight is 307 g/mol. The maximum atomic E-state index is 12.3. The van der Waals surface area contributed by atoms with Crippen molar-refractivity contribution in [3.05, 3.63) is 39.9 Å². The highest BCUT2D eigenvalue weighted by molar-refractivity contribution is 5.74. The molecular weight excluding hydrogens is 286 g/mol. The molecule has 120 valence electrons. The fraction of sp³-hybridized carbons (Fsp3) is 0.533. The molecule has 1 saturated heterocycles. The van der Waals surface area contributed by atoms with Gasteiger partial charge in [-0.25, -0.2) is 4.79 Å². The fourth-order valence-corrected chi connectivity index (χ4v) is 2.83. The molecule has 0 bridgehead atoms. The first-order valence-corrected chi connectivity index (χ1v) is 7.51. The van der Waals surface area contributed by atoms with Crippen molar-refractivity contribution in [2.75, 3.05) is 13.2 Å². The predicted molar refractivity (Wildman–Crippen MR) is 81.4 cm³/mol. The molecule has 0 aromatic heterocycles. The molecule has 0 aliphatic carbocycles. The van der Waals surface area contributed by atoms with Gasteiger partial charge < -0.3 is 15.3 Å². The third-order valence-corrected chi connectivity index (χ3v) is 3.97. The quantitative estimate of drug-likeness (QED) is 0.642. The molecule has 1 aliphatic heterocycles. The lowest BCUT2D eigenvalue weighted by Crippen LogP contribution is -2.48. The Bertz CT molecular complexity index is 533. The van der Waals surface area contributed by atoms with Crippen LogP contribution in [0.3, 0.4) is 0 Å². The summed E-state index contributed by atoms with van der Waals surface area (Å²) in [6.45, 7) is 0.838. The Labute approximate surface area is 129 Å². The van der Waals surface area contributed by atoms with Gasteiger partial charge in [0.15, 0.2) is 0 Å². The Morgan fingerprint density at radius 1 is 1.41 bits per heavy atom. The van der Waals surface area contributed by atoms with Crippen LogP contribution >= 0.6 is 0 Å². The van der Waals surface area contributed by atoms with Gasteiger partial charge in [0.1, 0.15) is 0 Å². The standard InChI is InChI=1S/C15H21N3O4/c19-10-8-13-6-3-4-9-17(13)15(20)16-11-12-5-1-2-7-14(12)18(21)22/h1-2,5,7,13,19H,3-4,6,8-11H2,(H,16,20). The first-order chi connectivity index (χ1) is 10.6. The molecule has 2 N–H and O–H groups in total. The van der Waals surface area contributed by atoms with Crippen molar-refractivity contribution in [1.82, 2.24) is 10.2 Å². The van der Waals surface area contributed by atoms with Crippen LogP contribution in [0.5, 0.6) is 0 Å². The third-order valence-electron chi connectivity index (χ3n) is 3.97. The van der Waals surface area contributed by atoms with E-state index in [4.69, 9.17) is 5.11 Å². The minimum absolute atomic E-state index is 0.00773. The summed E-state index contributed by atoms with van der Waals surface area (Å²) in [5.74, 6) is 0. The van der Waals surface area contributed by atoms with Gasteiger partial charge in [-0.15, -0.1) is 0 Å². The summed E-state index contributed by atoms with van der Waals surface area (Å²) in [5.41, 5.74) is 0.491. The number of hydrogen-bond donors (Lipinski definition) is 2. The molecule has 1 aliphatic rings. The molecule has 7 heteroatoms. The van der Waals surface area contributed by atoms with Crippen LogP contribution in [-0.2, 0) is 6.54 Å². The summed E-state index contributed by atoms with van der Waals surface area (Å²) in [6.07, 6.45) is 3.46. The first kappa shape index (κ1) is 16.2. The van der Waals surface area contributed by atoms with E-state index in [-0.39, 0.29) is 30.9 Å². The maximum Gasteiger partial charge on any atom is 0.317 e. The highest BCUT2D eigenvalue weighted by atomic mass is 16.6. The van der Waals surface area contributed by atoms with E-state index in [2.05, 4.69) is 5.32 Å². The van der Waals surface area contributed by atoms with Crippen LogP contribution in [0.15, 0.2) is 24.3 Å². The molecule has 1 atom stereocenters. The number of aliphatic hydroxyl groups is 1. The normalized spacial score (nSPS) is 18.0. The second-order valence-electron chi connectivity index (χ2n) is 5.40. The molecule has 1 unspecified atom stereocenters. The number of hydrogen-bond acceptors (Lipinski definition) is 4. The predicted octanol–water partition coefficient (Wildman–Crippen LogP) is 2.04. The number of nitrogens with zero attached hydrogens (tertiary/aromatic N) is 2. The fourth-order valence-electron chi connectivity index (χ4n) is 2.83. The largest absolute Gasteiger partial charge is 0.396 e. The molecule has 0 saturated carbocycles. The van der Waals surface area contributed by atoms with Gasteiger partial charge in [0.2, 0.25) is 0 Å². The van der Waals surface area contributed by atoms with Crippen LogP contribution in [-0.4, -0.2) is 40.2 Å². The Morgan fingerprint density at radius 2 is 2.18 bits per heavy atom. The van der Waals surface area contributed by atoms with Crippen molar-refractivity contribution in [2.24, 2.45) is 0 Å². The number of para-hydroxylation sites is 1. The minimum atomic E-state index is -0.447. The summed E-state index contributed by atoms with van der Waals surface area (Å²) in [6, 6.07) is 6.20. The molecule has 1 heterocycles. The maximum absolute atomic E-state index is 12.3. The van der Waals surface area contributed by atoms with E-state index in [1.54, 1.807) is 23.1 Å². The van der Waals surface area contributed by atoms with Gasteiger partial charge in [0.25, 0.3) is 5.69 Å². The summed E-state index contributed by atoms with van der Waals surface area (Å²) in [5, 5.41) is 22.8. The summed E-state index contributed by atoms with van der Waals surface area (Å²) >= 11 is 0. The molecule has 7 nitrogen and oxygen atoms in total. The lowest BCUT2D eigenvalue weighted by molar-refractivity contribution is -0.385. The van der Waals surface area contributed by atoms with Crippen molar-refractivity contribution >= 4 is 11.7 Å². The molecule has 1 fully saturated rings. The van der Waals surface area contributed by atoms with Gasteiger partial charge in [-0.3, -0.25) is 10.1 Å². The van der Waals surface area contributed by atoms with Crippen molar-refractivity contribution in [3.63, 3.8) is 0 Å². The van der Waals surface area contributed by atoms with Crippen LogP contribution in [0.25, 0.3) is 0 Å². The molecule has 22 heavy (non-hydrogen) atoms. The number of likely N-dealkylation sites (tertiary alicyclic amines) is 1. The van der Waals surface area contributed by atoms with Gasteiger partial charge in [-0.1, -0.05) is 18.2 Å². The molecule has 2 amide bonds. The Morgan fingerprint density at radius 3 is 2.91 bits per heavy atom. The Hall–Kier alpha value is -2.15. The second kappa shape index (κ2) is 7.74. The molecule has 0 radical (unpaired) electrons. The number of carbonyl (C=O) groups is 1. The van der Waals surface area contributed by atoms with E-state index < -0.39 is 4.92 Å². The number of rotatable bonds is 5. The zero-order valence-electron chi connectivity index (χ0n) is 12.4. The zero-order chi connectivity index (χ0) is 15.9. The van der Waals surface area contributed by atoms with Crippen molar-refractivity contribution in [3.8, 4) is 0 Å². The summed E-state index contributed by atoms with van der Waals surface area (Å²) in [4.78, 5) is 24.5. The van der Waals surface area contributed by atoms with Gasteiger partial charge in [-0.2, -0.15) is 0 Å². The van der Waals surface area contributed by atoms with Crippen LogP contribution < -0.4 is 5.32 Å². The van der Waals surface area contributed by atoms with Gasteiger partial charge in [0.05, 0.1) is 11.5 Å². The van der Waals surface area contributed by atoms with Crippen LogP contribution in [0, 0.1) is 10.1 Å². The molecule has 1 aromatic carbocycles. The van der Waals surface area contributed by atoms with Crippen molar-refractivity contribution < 1.29 is 14.8 Å². The highest BCUT2D eigenvalue weighted by Gasteiger charge is 2.26. The number of nitro benzene ring substituents is 1. The monoisotopic (exact) mass is 307 g/mol. The number of benzene rings is 1. The lowest BCUT2D eigenvalue weighted by Gasteiger charge is -2.35. The van der Waals surface area contributed by atoms with E-state index >= 15 is 0 Å². The van der Waals surface area contributed by atoms with E-state index in [0.29, 0.717) is 18.5 Å². The number of aliphatic hydroxyl groups excluding tert-OH is 1. The van der Waals surface area contributed by atoms with E-state index in [1.807, 2.05) is 0 Å². The zero-order valence-corrected chi connectivity index (χ0v) is 12.4. The number of amides is 2. The minimum Gasteiger partial charge on any atom is -0.396 e. The topological polar surface area (TPSA) is 95.7 Å². The van der Waals surface area contributed by atoms with Crippen LogP contribution in [0.1, 0.15) is 31.2 Å².